The Balaban J connectivity index is 2.08. The van der Waals surface area contributed by atoms with Gasteiger partial charge in [-0.1, -0.05) is 0 Å². The van der Waals surface area contributed by atoms with Crippen LogP contribution in [0.25, 0.3) is 0 Å². The minimum atomic E-state index is 0.0989. The Kier molecular flexibility index (Phi) is 3.76. The molecule has 1 atom stereocenters. The van der Waals surface area contributed by atoms with Gasteiger partial charge in [-0.15, -0.1) is 0 Å². The largest absolute Gasteiger partial charge is 0.363 e. The molecule has 0 aliphatic heterocycles. The van der Waals surface area contributed by atoms with Crippen LogP contribution in [0, 0.1) is 25.2 Å². The topological polar surface area (TPSA) is 79.4 Å². The van der Waals surface area contributed by atoms with Gasteiger partial charge < -0.3 is 5.32 Å². The smallest absolute Gasteiger partial charge is 0.182 e. The standard InChI is InChI=1S/C13H16N6/c1-9-6-11(3)19(18-9)8-10(2)17-13-12(7-14)15-4-5-16-13/h4-6,10H,8H2,1-3H3,(H,16,17). The van der Waals surface area contributed by atoms with E-state index in [1.165, 1.54) is 6.20 Å². The van der Waals surface area contributed by atoms with Crippen LogP contribution in [0.3, 0.4) is 0 Å². The Morgan fingerprint density at radius 2 is 2.11 bits per heavy atom. The lowest BCUT2D eigenvalue weighted by Crippen LogP contribution is -2.24. The van der Waals surface area contributed by atoms with Crippen molar-refractivity contribution in [2.75, 3.05) is 5.32 Å². The molecule has 0 aromatic carbocycles. The number of nitrogens with one attached hydrogen (secondary N) is 1. The zero-order valence-corrected chi connectivity index (χ0v) is 11.3. The second-order valence-electron chi connectivity index (χ2n) is 4.52. The Labute approximate surface area is 112 Å². The maximum atomic E-state index is 8.96. The number of aryl methyl sites for hydroxylation is 2. The summed E-state index contributed by atoms with van der Waals surface area (Å²) in [4.78, 5) is 8.10. The number of anilines is 1. The molecule has 1 unspecified atom stereocenters. The fourth-order valence-electron chi connectivity index (χ4n) is 1.92. The monoisotopic (exact) mass is 256 g/mol. The van der Waals surface area contributed by atoms with Crippen LogP contribution in [0.4, 0.5) is 5.82 Å². The number of nitriles is 1. The third kappa shape index (κ3) is 3.07. The van der Waals surface area contributed by atoms with Crippen LogP contribution in [0.2, 0.25) is 0 Å². The lowest BCUT2D eigenvalue weighted by Gasteiger charge is -2.15. The van der Waals surface area contributed by atoms with Crippen LogP contribution in [0.5, 0.6) is 0 Å². The van der Waals surface area contributed by atoms with Gasteiger partial charge in [0.05, 0.1) is 12.2 Å². The zero-order valence-electron chi connectivity index (χ0n) is 11.3. The Morgan fingerprint density at radius 1 is 1.37 bits per heavy atom. The molecule has 2 heterocycles. The van der Waals surface area contributed by atoms with Crippen LogP contribution >= 0.6 is 0 Å². The first kappa shape index (κ1) is 13.0. The lowest BCUT2D eigenvalue weighted by molar-refractivity contribution is 0.544. The first-order chi connectivity index (χ1) is 9.10. The van der Waals surface area contributed by atoms with E-state index < -0.39 is 0 Å². The van der Waals surface area contributed by atoms with Crippen LogP contribution < -0.4 is 5.32 Å². The Hall–Kier alpha value is -2.42. The molecule has 2 aromatic rings. The molecule has 19 heavy (non-hydrogen) atoms. The van der Waals surface area contributed by atoms with Gasteiger partial charge in [-0.3, -0.25) is 4.68 Å². The fourth-order valence-corrected chi connectivity index (χ4v) is 1.92. The van der Waals surface area contributed by atoms with E-state index in [0.717, 1.165) is 11.4 Å². The predicted octanol–water partition coefficient (Wildman–Crippen LogP) is 1.66. The molecule has 0 aliphatic carbocycles. The molecule has 6 nitrogen and oxygen atoms in total. The first-order valence-electron chi connectivity index (χ1n) is 6.09. The molecule has 0 radical (unpaired) electrons. The quantitative estimate of drug-likeness (QED) is 0.900. The van der Waals surface area contributed by atoms with Crippen LogP contribution in [0.1, 0.15) is 24.0 Å². The number of rotatable bonds is 4. The highest BCUT2D eigenvalue weighted by molar-refractivity contribution is 5.47. The molecular weight excluding hydrogens is 240 g/mol. The first-order valence-corrected chi connectivity index (χ1v) is 6.09. The molecular formula is C13H16N6. The van der Waals surface area contributed by atoms with Gasteiger partial charge in [-0.05, 0) is 26.8 Å². The molecule has 2 rings (SSSR count). The number of hydrogen-bond acceptors (Lipinski definition) is 5. The van der Waals surface area contributed by atoms with Gasteiger partial charge in [0.15, 0.2) is 11.5 Å². The SMILES string of the molecule is Cc1cc(C)n(CC(C)Nc2nccnc2C#N)n1. The maximum absolute atomic E-state index is 8.96. The summed E-state index contributed by atoms with van der Waals surface area (Å²) in [5.41, 5.74) is 2.43. The van der Waals surface area contributed by atoms with Crippen molar-refractivity contribution in [3.63, 3.8) is 0 Å². The Bertz CT molecular complexity index is 610. The maximum Gasteiger partial charge on any atom is 0.182 e. The molecule has 0 bridgehead atoms. The molecule has 2 aromatic heterocycles. The van der Waals surface area contributed by atoms with Crippen LogP contribution in [-0.4, -0.2) is 25.8 Å². The predicted molar refractivity (Wildman–Crippen MR) is 71.5 cm³/mol. The van der Waals surface area contributed by atoms with E-state index in [9.17, 15) is 0 Å². The molecule has 0 amide bonds. The summed E-state index contributed by atoms with van der Waals surface area (Å²) in [6, 6.07) is 4.16. The van der Waals surface area contributed by atoms with Crippen molar-refractivity contribution in [1.29, 1.82) is 5.26 Å². The molecule has 6 heteroatoms. The van der Waals surface area contributed by atoms with Gasteiger partial charge in [-0.2, -0.15) is 10.4 Å². The molecule has 0 saturated carbocycles. The van der Waals surface area contributed by atoms with E-state index in [2.05, 4.69) is 20.4 Å². The van der Waals surface area contributed by atoms with E-state index in [1.807, 2.05) is 37.6 Å². The van der Waals surface area contributed by atoms with Crippen molar-refractivity contribution in [3.05, 3.63) is 35.5 Å². The average molecular weight is 256 g/mol. The summed E-state index contributed by atoms with van der Waals surface area (Å²) in [6.45, 7) is 6.72. The van der Waals surface area contributed by atoms with Gasteiger partial charge in [0.25, 0.3) is 0 Å². The van der Waals surface area contributed by atoms with Crippen molar-refractivity contribution >= 4 is 5.82 Å². The molecule has 0 aliphatic rings. The molecule has 0 fully saturated rings. The third-order valence-corrected chi connectivity index (χ3v) is 2.74. The summed E-state index contributed by atoms with van der Waals surface area (Å²) in [5, 5.41) is 16.6. The highest BCUT2D eigenvalue weighted by Gasteiger charge is 2.10. The lowest BCUT2D eigenvalue weighted by atomic mass is 10.3. The van der Waals surface area contributed by atoms with E-state index in [-0.39, 0.29) is 6.04 Å². The van der Waals surface area contributed by atoms with Gasteiger partial charge in [-0.25, -0.2) is 9.97 Å². The molecule has 1 N–H and O–H groups in total. The summed E-state index contributed by atoms with van der Waals surface area (Å²) < 4.78 is 1.94. The summed E-state index contributed by atoms with van der Waals surface area (Å²) >= 11 is 0. The normalized spacial score (nSPS) is 11.9. The molecule has 0 saturated heterocycles. The number of hydrogen-bond donors (Lipinski definition) is 1. The number of nitrogens with zero attached hydrogens (tertiary/aromatic N) is 5. The van der Waals surface area contributed by atoms with Gasteiger partial charge in [0, 0.05) is 24.1 Å². The van der Waals surface area contributed by atoms with Crippen molar-refractivity contribution in [2.24, 2.45) is 0 Å². The molecule has 0 spiro atoms. The summed E-state index contributed by atoms with van der Waals surface area (Å²) in [6.07, 6.45) is 3.08. The summed E-state index contributed by atoms with van der Waals surface area (Å²) in [5.74, 6) is 0.513. The highest BCUT2D eigenvalue weighted by Crippen LogP contribution is 2.10. The minimum Gasteiger partial charge on any atom is -0.363 e. The van der Waals surface area contributed by atoms with E-state index >= 15 is 0 Å². The second kappa shape index (κ2) is 5.48. The van der Waals surface area contributed by atoms with Crippen molar-refractivity contribution in [3.8, 4) is 6.07 Å². The van der Waals surface area contributed by atoms with E-state index in [0.29, 0.717) is 18.1 Å². The molecule has 98 valence electrons. The van der Waals surface area contributed by atoms with Gasteiger partial charge in [0.2, 0.25) is 0 Å². The number of aromatic nitrogens is 4. The minimum absolute atomic E-state index is 0.0989. The zero-order chi connectivity index (χ0) is 13.8. The van der Waals surface area contributed by atoms with Crippen molar-refractivity contribution in [2.45, 2.75) is 33.4 Å². The second-order valence-corrected chi connectivity index (χ2v) is 4.52. The fraction of sp³-hybridized carbons (Fsp3) is 0.385. The Morgan fingerprint density at radius 3 is 2.74 bits per heavy atom. The average Bonchev–Trinajstić information content (AvgIpc) is 2.68. The highest BCUT2D eigenvalue weighted by atomic mass is 15.3. The van der Waals surface area contributed by atoms with E-state index in [1.54, 1.807) is 6.20 Å². The third-order valence-electron chi connectivity index (χ3n) is 2.74. The van der Waals surface area contributed by atoms with E-state index in [4.69, 9.17) is 5.26 Å². The van der Waals surface area contributed by atoms with Crippen LogP contribution in [-0.2, 0) is 6.54 Å². The summed E-state index contributed by atoms with van der Waals surface area (Å²) in [7, 11) is 0. The van der Waals surface area contributed by atoms with Crippen molar-refractivity contribution < 1.29 is 0 Å². The van der Waals surface area contributed by atoms with Crippen LogP contribution in [0.15, 0.2) is 18.5 Å². The van der Waals surface area contributed by atoms with Gasteiger partial charge >= 0.3 is 0 Å². The van der Waals surface area contributed by atoms with Crippen molar-refractivity contribution in [1.82, 2.24) is 19.7 Å². The van der Waals surface area contributed by atoms with Gasteiger partial charge in [0.1, 0.15) is 6.07 Å².